The minimum Gasteiger partial charge on any atom is -0.369 e. The number of primary amides is 1. The second-order valence-corrected chi connectivity index (χ2v) is 9.14. The number of amides is 2. The van der Waals surface area contributed by atoms with Gasteiger partial charge in [-0.25, -0.2) is 0 Å². The van der Waals surface area contributed by atoms with Crippen molar-refractivity contribution < 1.29 is 22.8 Å². The van der Waals surface area contributed by atoms with Crippen LogP contribution in [0.25, 0.3) is 0 Å². The molecule has 3 N–H and O–H groups in total. The lowest BCUT2D eigenvalue weighted by Gasteiger charge is -2.31. The third-order valence-electron chi connectivity index (χ3n) is 6.69. The van der Waals surface area contributed by atoms with Gasteiger partial charge < -0.3 is 11.1 Å². The third kappa shape index (κ3) is 5.38. The molecule has 2 amide bonds. The van der Waals surface area contributed by atoms with Gasteiger partial charge in [-0.2, -0.15) is 13.2 Å². The Balaban J connectivity index is 1.38. The Morgan fingerprint density at radius 2 is 1.82 bits per heavy atom. The van der Waals surface area contributed by atoms with Gasteiger partial charge in [-0.05, 0) is 55.0 Å². The lowest BCUT2D eigenvalue weighted by molar-refractivity contribution is -0.137. The number of likely N-dealkylation sites (tertiary alicyclic amines) is 1. The fourth-order valence-corrected chi connectivity index (χ4v) is 4.64. The number of benzene rings is 2. The van der Waals surface area contributed by atoms with Crippen LogP contribution < -0.4 is 11.1 Å². The summed E-state index contributed by atoms with van der Waals surface area (Å²) in [6.45, 7) is 2.55. The van der Waals surface area contributed by atoms with Gasteiger partial charge in [0.15, 0.2) is 0 Å². The summed E-state index contributed by atoms with van der Waals surface area (Å²) in [5.41, 5.74) is 6.26. The maximum absolute atomic E-state index is 13.1. The highest BCUT2D eigenvalue weighted by Crippen LogP contribution is 2.49. The predicted octanol–water partition coefficient (Wildman–Crippen LogP) is 3.75. The molecule has 0 aromatic heterocycles. The summed E-state index contributed by atoms with van der Waals surface area (Å²) in [4.78, 5) is 26.6. The maximum atomic E-state index is 13.1. The van der Waals surface area contributed by atoms with Crippen LogP contribution in [0.2, 0.25) is 0 Å². The normalized spacial score (nSPS) is 20.3. The number of hydrogen-bond acceptors (Lipinski definition) is 3. The Bertz CT molecular complexity index is 1030. The van der Waals surface area contributed by atoms with Gasteiger partial charge in [-0.3, -0.25) is 14.5 Å². The molecule has 2 aromatic carbocycles. The van der Waals surface area contributed by atoms with Crippen molar-refractivity contribution >= 4 is 11.8 Å². The molecular weight excluding hydrogens is 431 g/mol. The van der Waals surface area contributed by atoms with Crippen LogP contribution in [0, 0.1) is 5.92 Å². The maximum Gasteiger partial charge on any atom is 0.416 e. The van der Waals surface area contributed by atoms with E-state index in [4.69, 9.17) is 5.73 Å². The first kappa shape index (κ1) is 23.3. The molecule has 1 unspecified atom stereocenters. The first-order chi connectivity index (χ1) is 15.7. The number of nitrogens with two attached hydrogens (primary N) is 1. The molecule has 8 heteroatoms. The van der Waals surface area contributed by atoms with Crippen molar-refractivity contribution in [3.63, 3.8) is 0 Å². The fraction of sp³-hybridized carbons (Fsp3) is 0.440. The number of piperidine rings is 1. The third-order valence-corrected chi connectivity index (χ3v) is 6.69. The largest absolute Gasteiger partial charge is 0.416 e. The van der Waals surface area contributed by atoms with Crippen molar-refractivity contribution in [3.8, 4) is 0 Å². The molecular formula is C25H28F3N3O2. The average Bonchev–Trinajstić information content (AvgIpc) is 3.60. The van der Waals surface area contributed by atoms with Gasteiger partial charge in [-0.1, -0.05) is 42.5 Å². The van der Waals surface area contributed by atoms with E-state index in [0.717, 1.165) is 42.6 Å². The molecule has 33 heavy (non-hydrogen) atoms. The molecule has 5 nitrogen and oxygen atoms in total. The number of hydrogen-bond donors (Lipinski definition) is 2. The van der Waals surface area contributed by atoms with Gasteiger partial charge in [0.05, 0.1) is 16.9 Å². The van der Waals surface area contributed by atoms with E-state index >= 15 is 0 Å². The van der Waals surface area contributed by atoms with Crippen LogP contribution in [0.15, 0.2) is 48.5 Å². The van der Waals surface area contributed by atoms with Crippen molar-refractivity contribution in [2.75, 3.05) is 13.1 Å². The molecule has 0 radical (unpaired) electrons. The Kier molecular flexibility index (Phi) is 6.47. The van der Waals surface area contributed by atoms with Crippen molar-refractivity contribution in [2.24, 2.45) is 11.7 Å². The summed E-state index contributed by atoms with van der Waals surface area (Å²) in [6, 6.07) is 12.9. The number of rotatable bonds is 7. The van der Waals surface area contributed by atoms with Crippen LogP contribution >= 0.6 is 0 Å². The van der Waals surface area contributed by atoms with Crippen LogP contribution in [-0.4, -0.2) is 29.8 Å². The zero-order chi connectivity index (χ0) is 23.6. The van der Waals surface area contributed by atoms with Crippen LogP contribution in [-0.2, 0) is 34.3 Å². The SMILES string of the molecule is NC(=O)C1CCCN(Cc2cccc(CNC(=O)C3(c4cccc(C(F)(F)F)c4)CC3)c2)C1. The predicted molar refractivity (Wildman–Crippen MR) is 118 cm³/mol. The Hall–Kier alpha value is -2.87. The fourth-order valence-electron chi connectivity index (χ4n) is 4.64. The first-order valence-corrected chi connectivity index (χ1v) is 11.2. The van der Waals surface area contributed by atoms with E-state index < -0.39 is 17.2 Å². The number of carbonyl (C=O) groups is 2. The van der Waals surface area contributed by atoms with Gasteiger partial charge >= 0.3 is 6.18 Å². The summed E-state index contributed by atoms with van der Waals surface area (Å²) in [5.74, 6) is -0.620. The number of halogens is 3. The van der Waals surface area contributed by atoms with E-state index in [1.54, 1.807) is 6.07 Å². The van der Waals surface area contributed by atoms with Crippen molar-refractivity contribution in [1.82, 2.24) is 10.2 Å². The standard InChI is InChI=1S/C25H28F3N3O2/c26-25(27,28)21-8-2-7-20(13-21)24(9-10-24)23(33)30-14-17-4-1-5-18(12-17)15-31-11-3-6-19(16-31)22(29)32/h1-2,4-5,7-8,12-13,19H,3,6,9-11,14-16H2,(H2,29,32)(H,30,33). The van der Waals surface area contributed by atoms with Crippen LogP contribution in [0.1, 0.15) is 47.9 Å². The van der Waals surface area contributed by atoms with E-state index in [-0.39, 0.29) is 17.7 Å². The summed E-state index contributed by atoms with van der Waals surface area (Å²) in [7, 11) is 0. The van der Waals surface area contributed by atoms with Crippen LogP contribution in [0.4, 0.5) is 13.2 Å². The zero-order valence-corrected chi connectivity index (χ0v) is 18.3. The highest BCUT2D eigenvalue weighted by molar-refractivity contribution is 5.91. The van der Waals surface area contributed by atoms with Crippen LogP contribution in [0.5, 0.6) is 0 Å². The molecule has 1 saturated heterocycles. The lowest BCUT2D eigenvalue weighted by Crippen LogP contribution is -2.40. The van der Waals surface area contributed by atoms with Gasteiger partial charge in [-0.15, -0.1) is 0 Å². The van der Waals surface area contributed by atoms with Gasteiger partial charge in [0.1, 0.15) is 0 Å². The van der Waals surface area contributed by atoms with Gasteiger partial charge in [0, 0.05) is 19.6 Å². The molecule has 0 bridgehead atoms. The number of nitrogens with zero attached hydrogens (tertiary/aromatic N) is 1. The molecule has 1 heterocycles. The molecule has 4 rings (SSSR count). The molecule has 1 aliphatic heterocycles. The first-order valence-electron chi connectivity index (χ1n) is 11.2. The topological polar surface area (TPSA) is 75.4 Å². The Morgan fingerprint density at radius 3 is 2.52 bits per heavy atom. The van der Waals surface area contributed by atoms with E-state index in [2.05, 4.69) is 10.2 Å². The zero-order valence-electron chi connectivity index (χ0n) is 18.3. The molecule has 1 aliphatic carbocycles. The number of nitrogens with one attached hydrogen (secondary N) is 1. The second-order valence-electron chi connectivity index (χ2n) is 9.14. The van der Waals surface area contributed by atoms with E-state index in [1.165, 1.54) is 6.07 Å². The minimum absolute atomic E-state index is 0.119. The van der Waals surface area contributed by atoms with Crippen molar-refractivity contribution in [2.45, 2.75) is 50.4 Å². The summed E-state index contributed by atoms with van der Waals surface area (Å²) in [6.07, 6.45) is -1.60. The van der Waals surface area contributed by atoms with Gasteiger partial charge in [0.25, 0.3) is 0 Å². The average molecular weight is 460 g/mol. The molecule has 176 valence electrons. The molecule has 2 fully saturated rings. The summed E-state index contributed by atoms with van der Waals surface area (Å²) < 4.78 is 39.3. The van der Waals surface area contributed by atoms with E-state index in [0.29, 0.717) is 38.0 Å². The van der Waals surface area contributed by atoms with Gasteiger partial charge in [0.2, 0.25) is 11.8 Å². The number of alkyl halides is 3. The molecule has 2 aliphatic rings. The molecule has 0 spiro atoms. The smallest absolute Gasteiger partial charge is 0.369 e. The Morgan fingerprint density at radius 1 is 1.09 bits per heavy atom. The van der Waals surface area contributed by atoms with E-state index in [1.807, 2.05) is 24.3 Å². The highest BCUT2D eigenvalue weighted by atomic mass is 19.4. The quantitative estimate of drug-likeness (QED) is 0.662. The highest BCUT2D eigenvalue weighted by Gasteiger charge is 2.51. The molecule has 1 atom stereocenters. The van der Waals surface area contributed by atoms with Crippen LogP contribution in [0.3, 0.4) is 0 Å². The molecule has 1 saturated carbocycles. The minimum atomic E-state index is -4.44. The summed E-state index contributed by atoms with van der Waals surface area (Å²) in [5, 5.41) is 2.92. The van der Waals surface area contributed by atoms with Crippen molar-refractivity contribution in [1.29, 1.82) is 0 Å². The van der Waals surface area contributed by atoms with E-state index in [9.17, 15) is 22.8 Å². The molecule has 2 aromatic rings. The lowest BCUT2D eigenvalue weighted by atomic mass is 9.93. The second kappa shape index (κ2) is 9.17. The Labute approximate surface area is 191 Å². The summed E-state index contributed by atoms with van der Waals surface area (Å²) >= 11 is 0. The van der Waals surface area contributed by atoms with Crippen molar-refractivity contribution in [3.05, 3.63) is 70.8 Å². The monoisotopic (exact) mass is 459 g/mol. The number of carbonyl (C=O) groups excluding carboxylic acids is 2.